The Hall–Kier alpha value is -0.620. The summed E-state index contributed by atoms with van der Waals surface area (Å²) >= 11 is 0. The molecule has 0 amide bonds. The van der Waals surface area contributed by atoms with E-state index in [1.54, 1.807) is 6.92 Å². The summed E-state index contributed by atoms with van der Waals surface area (Å²) in [4.78, 5) is 10.5. The van der Waals surface area contributed by atoms with E-state index >= 15 is 0 Å². The first kappa shape index (κ1) is 12.4. The van der Waals surface area contributed by atoms with Crippen molar-refractivity contribution in [3.8, 4) is 0 Å². The molecule has 0 aromatic rings. The standard InChI is InChI=1S/C9H17NO4S/c1-2-15(13,14)10-5-3-8(4-6-10)7-9(11)12/h8H,2-7H2,1H3,(H,11,12). The Morgan fingerprint density at radius 2 is 1.93 bits per heavy atom. The molecule has 1 fully saturated rings. The van der Waals surface area contributed by atoms with Gasteiger partial charge in [-0.05, 0) is 25.7 Å². The van der Waals surface area contributed by atoms with Gasteiger partial charge in [-0.1, -0.05) is 0 Å². The minimum absolute atomic E-state index is 0.122. The summed E-state index contributed by atoms with van der Waals surface area (Å²) in [6.07, 6.45) is 1.47. The number of rotatable bonds is 4. The number of nitrogens with zero attached hydrogens (tertiary/aromatic N) is 1. The topological polar surface area (TPSA) is 74.7 Å². The lowest BCUT2D eigenvalue weighted by molar-refractivity contribution is -0.138. The highest BCUT2D eigenvalue weighted by atomic mass is 32.2. The molecule has 1 N–H and O–H groups in total. The fraction of sp³-hybridized carbons (Fsp3) is 0.889. The van der Waals surface area contributed by atoms with E-state index in [-0.39, 0.29) is 18.1 Å². The van der Waals surface area contributed by atoms with E-state index in [9.17, 15) is 13.2 Å². The van der Waals surface area contributed by atoms with Crippen LogP contribution in [0.15, 0.2) is 0 Å². The van der Waals surface area contributed by atoms with Gasteiger partial charge in [-0.2, -0.15) is 0 Å². The van der Waals surface area contributed by atoms with Crippen LogP contribution >= 0.6 is 0 Å². The van der Waals surface area contributed by atoms with Gasteiger partial charge in [0, 0.05) is 19.5 Å². The molecule has 5 nitrogen and oxygen atoms in total. The average molecular weight is 235 g/mol. The molecule has 0 bridgehead atoms. The summed E-state index contributed by atoms with van der Waals surface area (Å²) in [5.74, 6) is -0.547. The predicted molar refractivity (Wildman–Crippen MR) is 56.0 cm³/mol. The Labute approximate surface area is 90.1 Å². The fourth-order valence-electron chi connectivity index (χ4n) is 1.82. The maximum atomic E-state index is 11.5. The van der Waals surface area contributed by atoms with Crippen LogP contribution in [0.5, 0.6) is 0 Å². The van der Waals surface area contributed by atoms with Crippen LogP contribution in [0.3, 0.4) is 0 Å². The van der Waals surface area contributed by atoms with Gasteiger partial charge in [0.1, 0.15) is 0 Å². The fourth-order valence-corrected chi connectivity index (χ4v) is 2.95. The molecule has 1 heterocycles. The third-order valence-electron chi connectivity index (χ3n) is 2.79. The van der Waals surface area contributed by atoms with Gasteiger partial charge in [-0.3, -0.25) is 4.79 Å². The zero-order chi connectivity index (χ0) is 11.5. The molecule has 6 heteroatoms. The SMILES string of the molecule is CCS(=O)(=O)N1CCC(CC(=O)O)CC1. The molecule has 0 radical (unpaired) electrons. The van der Waals surface area contributed by atoms with Crippen molar-refractivity contribution in [2.24, 2.45) is 5.92 Å². The Morgan fingerprint density at radius 3 is 2.33 bits per heavy atom. The van der Waals surface area contributed by atoms with Crippen molar-refractivity contribution in [1.29, 1.82) is 0 Å². The monoisotopic (exact) mass is 235 g/mol. The number of carboxylic acid groups (broad SMARTS) is 1. The van der Waals surface area contributed by atoms with Crippen molar-refractivity contribution in [2.75, 3.05) is 18.8 Å². The van der Waals surface area contributed by atoms with Gasteiger partial charge >= 0.3 is 5.97 Å². The zero-order valence-corrected chi connectivity index (χ0v) is 9.66. The van der Waals surface area contributed by atoms with Crippen LogP contribution in [-0.2, 0) is 14.8 Å². The quantitative estimate of drug-likeness (QED) is 0.771. The van der Waals surface area contributed by atoms with Crippen molar-refractivity contribution >= 4 is 16.0 Å². The van der Waals surface area contributed by atoms with E-state index in [1.165, 1.54) is 4.31 Å². The number of hydrogen-bond acceptors (Lipinski definition) is 3. The van der Waals surface area contributed by atoms with Crippen molar-refractivity contribution in [1.82, 2.24) is 4.31 Å². The second-order valence-electron chi connectivity index (χ2n) is 3.84. The van der Waals surface area contributed by atoms with Crippen LogP contribution in [0.2, 0.25) is 0 Å². The third-order valence-corrected chi connectivity index (χ3v) is 4.68. The first-order valence-corrected chi connectivity index (χ1v) is 6.76. The van der Waals surface area contributed by atoms with Gasteiger partial charge in [0.25, 0.3) is 0 Å². The summed E-state index contributed by atoms with van der Waals surface area (Å²) in [6, 6.07) is 0. The number of carboxylic acids is 1. The molecule has 0 spiro atoms. The third kappa shape index (κ3) is 3.46. The van der Waals surface area contributed by atoms with Crippen LogP contribution in [0, 0.1) is 5.92 Å². The molecule has 0 aliphatic carbocycles. The van der Waals surface area contributed by atoms with E-state index in [0.717, 1.165) is 0 Å². The van der Waals surface area contributed by atoms with Gasteiger partial charge in [0.05, 0.1) is 5.75 Å². The summed E-state index contributed by atoms with van der Waals surface area (Å²) in [5.41, 5.74) is 0. The molecule has 1 aliphatic rings. The zero-order valence-electron chi connectivity index (χ0n) is 8.85. The van der Waals surface area contributed by atoms with Crippen LogP contribution in [0.25, 0.3) is 0 Å². The molecular weight excluding hydrogens is 218 g/mol. The normalized spacial score (nSPS) is 20.3. The second kappa shape index (κ2) is 4.94. The second-order valence-corrected chi connectivity index (χ2v) is 6.10. The Morgan fingerprint density at radius 1 is 1.40 bits per heavy atom. The number of piperidine rings is 1. The highest BCUT2D eigenvalue weighted by Gasteiger charge is 2.27. The van der Waals surface area contributed by atoms with E-state index < -0.39 is 16.0 Å². The number of hydrogen-bond donors (Lipinski definition) is 1. The van der Waals surface area contributed by atoms with Gasteiger partial charge in [0.2, 0.25) is 10.0 Å². The summed E-state index contributed by atoms with van der Waals surface area (Å²) in [6.45, 7) is 2.56. The molecular formula is C9H17NO4S. The van der Waals surface area contributed by atoms with Crippen LogP contribution in [0.4, 0.5) is 0 Å². The first-order chi connectivity index (χ1) is 6.95. The highest BCUT2D eigenvalue weighted by molar-refractivity contribution is 7.89. The molecule has 1 rings (SSSR count). The van der Waals surface area contributed by atoms with E-state index in [2.05, 4.69) is 0 Å². The molecule has 0 atom stereocenters. The number of carbonyl (C=O) groups is 1. The molecule has 15 heavy (non-hydrogen) atoms. The van der Waals surface area contributed by atoms with Crippen molar-refractivity contribution in [3.63, 3.8) is 0 Å². The maximum absolute atomic E-state index is 11.5. The van der Waals surface area contributed by atoms with Gasteiger partial charge in [-0.15, -0.1) is 0 Å². The van der Waals surface area contributed by atoms with Gasteiger partial charge in [-0.25, -0.2) is 12.7 Å². The van der Waals surface area contributed by atoms with Crippen molar-refractivity contribution < 1.29 is 18.3 Å². The molecule has 1 saturated heterocycles. The minimum Gasteiger partial charge on any atom is -0.481 e. The summed E-state index contributed by atoms with van der Waals surface area (Å²) in [7, 11) is -3.09. The van der Waals surface area contributed by atoms with E-state index in [4.69, 9.17) is 5.11 Å². The van der Waals surface area contributed by atoms with Crippen LogP contribution in [-0.4, -0.2) is 42.6 Å². The summed E-state index contributed by atoms with van der Waals surface area (Å²) < 4.78 is 24.4. The maximum Gasteiger partial charge on any atom is 0.303 e. The van der Waals surface area contributed by atoms with Gasteiger partial charge < -0.3 is 5.11 Å². The smallest absolute Gasteiger partial charge is 0.303 e. The van der Waals surface area contributed by atoms with Crippen molar-refractivity contribution in [3.05, 3.63) is 0 Å². The molecule has 0 aromatic heterocycles. The Kier molecular flexibility index (Phi) is 4.10. The van der Waals surface area contributed by atoms with Crippen molar-refractivity contribution in [2.45, 2.75) is 26.2 Å². The average Bonchev–Trinajstić information content (AvgIpc) is 2.18. The highest BCUT2D eigenvalue weighted by Crippen LogP contribution is 2.22. The predicted octanol–water partition coefficient (Wildman–Crippen LogP) is 0.523. The lowest BCUT2D eigenvalue weighted by Gasteiger charge is -2.30. The summed E-state index contributed by atoms with van der Waals surface area (Å²) in [5, 5.41) is 8.61. The molecule has 0 aromatic carbocycles. The minimum atomic E-state index is -3.09. The molecule has 0 saturated carbocycles. The number of aliphatic carboxylic acids is 1. The first-order valence-electron chi connectivity index (χ1n) is 5.15. The lowest BCUT2D eigenvalue weighted by Crippen LogP contribution is -2.39. The van der Waals surface area contributed by atoms with E-state index in [1.807, 2.05) is 0 Å². The number of sulfonamides is 1. The van der Waals surface area contributed by atoms with Crippen LogP contribution in [0.1, 0.15) is 26.2 Å². The van der Waals surface area contributed by atoms with E-state index in [0.29, 0.717) is 25.9 Å². The van der Waals surface area contributed by atoms with Crippen LogP contribution < -0.4 is 0 Å². The van der Waals surface area contributed by atoms with Gasteiger partial charge in [0.15, 0.2) is 0 Å². The molecule has 0 unspecified atom stereocenters. The molecule has 88 valence electrons. The largest absolute Gasteiger partial charge is 0.481 e. The molecule has 1 aliphatic heterocycles. The lowest BCUT2D eigenvalue weighted by atomic mass is 9.95. The Balaban J connectivity index is 2.46. The Bertz CT molecular complexity index is 317.